The largest absolute Gasteiger partial charge is 0.0815 e. The van der Waals surface area contributed by atoms with Crippen molar-refractivity contribution < 1.29 is 0 Å². The first-order valence-electron chi connectivity index (χ1n) is 3.39. The fourth-order valence-electron chi connectivity index (χ4n) is 0.866. The van der Waals surface area contributed by atoms with Gasteiger partial charge in [-0.25, -0.2) is 0 Å². The maximum Gasteiger partial charge on any atom is 0.0231 e. The molecule has 0 saturated carbocycles. The first-order valence-corrected chi connectivity index (χ1v) is 4.64. The number of rotatable bonds is 3. The van der Waals surface area contributed by atoms with Crippen molar-refractivity contribution in [3.8, 4) is 0 Å². The Labute approximate surface area is 75.8 Å². The van der Waals surface area contributed by atoms with Crippen LogP contribution in [0, 0.1) is 4.43 Å². The van der Waals surface area contributed by atoms with Crippen molar-refractivity contribution in [2.75, 3.05) is 0 Å². The molecule has 10 heavy (non-hydrogen) atoms. The topological polar surface area (TPSA) is 0 Å². The van der Waals surface area contributed by atoms with Gasteiger partial charge in [0, 0.05) is 4.43 Å². The lowest BCUT2D eigenvalue weighted by molar-refractivity contribution is 0.994. The van der Waals surface area contributed by atoms with Crippen LogP contribution >= 0.6 is 22.6 Å². The predicted molar refractivity (Wildman–Crippen MR) is 53.1 cm³/mol. The molecule has 0 nitrogen and oxygen atoms in total. The highest BCUT2D eigenvalue weighted by molar-refractivity contribution is 14.1. The van der Waals surface area contributed by atoms with Crippen molar-refractivity contribution in [2.45, 2.75) is 12.8 Å². The zero-order valence-corrected chi connectivity index (χ0v) is 7.91. The fraction of sp³-hybridized carbons (Fsp3) is 0.222. The molecule has 1 radical (unpaired) electrons. The van der Waals surface area contributed by atoms with Crippen LogP contribution in [0.5, 0.6) is 0 Å². The third kappa shape index (κ3) is 2.69. The summed E-state index contributed by atoms with van der Waals surface area (Å²) in [5.41, 5.74) is 1.43. The molecule has 1 heteroatoms. The van der Waals surface area contributed by atoms with E-state index in [-0.39, 0.29) is 0 Å². The van der Waals surface area contributed by atoms with Gasteiger partial charge in [0.2, 0.25) is 0 Å². The molecule has 0 bridgehead atoms. The highest BCUT2D eigenvalue weighted by atomic mass is 127. The summed E-state index contributed by atoms with van der Waals surface area (Å²) < 4.78 is 2.17. The van der Waals surface area contributed by atoms with E-state index in [0.717, 1.165) is 0 Å². The lowest BCUT2D eigenvalue weighted by Crippen LogP contribution is -1.81. The quantitative estimate of drug-likeness (QED) is 0.717. The molecule has 1 aromatic carbocycles. The van der Waals surface area contributed by atoms with Crippen molar-refractivity contribution in [3.63, 3.8) is 0 Å². The molecule has 0 aliphatic carbocycles. The Kier molecular flexibility index (Phi) is 3.80. The van der Waals surface area contributed by atoms with Gasteiger partial charge in [0.1, 0.15) is 0 Å². The van der Waals surface area contributed by atoms with Gasteiger partial charge in [0.05, 0.1) is 0 Å². The number of hydrogen-bond acceptors (Lipinski definition) is 0. The number of hydrogen-bond donors (Lipinski definition) is 0. The third-order valence-corrected chi connectivity index (χ3v) is 2.01. The fourth-order valence-corrected chi connectivity index (χ4v) is 1.18. The Bertz CT molecular complexity index is 169. The summed E-state index contributed by atoms with van der Waals surface area (Å²) in [6, 6.07) is 10.6. The summed E-state index contributed by atoms with van der Waals surface area (Å²) in [6.45, 7) is 0. The maximum atomic E-state index is 2.29. The van der Waals surface area contributed by atoms with Gasteiger partial charge in [-0.1, -0.05) is 52.9 Å². The molecule has 0 aliphatic heterocycles. The van der Waals surface area contributed by atoms with Crippen molar-refractivity contribution in [1.82, 2.24) is 0 Å². The normalized spacial score (nSPS) is 9.70. The maximum absolute atomic E-state index is 2.29. The average molecular weight is 245 g/mol. The minimum atomic E-state index is 1.17. The van der Waals surface area contributed by atoms with E-state index < -0.39 is 0 Å². The lowest BCUT2D eigenvalue weighted by Gasteiger charge is -1.95. The molecule has 0 aliphatic rings. The summed E-state index contributed by atoms with van der Waals surface area (Å²) in [5, 5.41) is 0. The third-order valence-electron chi connectivity index (χ3n) is 1.38. The van der Waals surface area contributed by atoms with E-state index in [1.54, 1.807) is 0 Å². The predicted octanol–water partition coefficient (Wildman–Crippen LogP) is 3.22. The van der Waals surface area contributed by atoms with E-state index >= 15 is 0 Å². The minimum Gasteiger partial charge on any atom is -0.0815 e. The van der Waals surface area contributed by atoms with Gasteiger partial charge in [-0.2, -0.15) is 0 Å². The van der Waals surface area contributed by atoms with E-state index in [4.69, 9.17) is 0 Å². The molecular formula is C9H10I. The molecule has 1 rings (SSSR count). The highest BCUT2D eigenvalue weighted by Gasteiger charge is 1.88. The van der Waals surface area contributed by atoms with Gasteiger partial charge in [-0.15, -0.1) is 0 Å². The first-order chi connectivity index (χ1) is 4.93. The zero-order chi connectivity index (χ0) is 7.23. The number of aryl methyl sites for hydroxylation is 1. The smallest absolute Gasteiger partial charge is 0.0231 e. The van der Waals surface area contributed by atoms with Crippen LogP contribution in [0.1, 0.15) is 12.0 Å². The minimum absolute atomic E-state index is 1.17. The average Bonchev–Trinajstić information content (AvgIpc) is 2.03. The highest BCUT2D eigenvalue weighted by Crippen LogP contribution is 2.05. The van der Waals surface area contributed by atoms with Crippen LogP contribution in [0.25, 0.3) is 0 Å². The van der Waals surface area contributed by atoms with Crippen LogP contribution in [-0.4, -0.2) is 0 Å². The molecule has 0 saturated heterocycles. The van der Waals surface area contributed by atoms with Gasteiger partial charge in [-0.05, 0) is 18.4 Å². The van der Waals surface area contributed by atoms with E-state index in [2.05, 4.69) is 57.4 Å². The Morgan fingerprint density at radius 1 is 1.20 bits per heavy atom. The standard InChI is InChI=1S/C9H10I/c10-8-4-7-9-5-2-1-3-6-9/h1-3,5-6,8H,4,7H2. The Balaban J connectivity index is 2.43. The van der Waals surface area contributed by atoms with Crippen LogP contribution in [0.2, 0.25) is 0 Å². The van der Waals surface area contributed by atoms with Crippen LogP contribution in [0.4, 0.5) is 0 Å². The molecule has 0 N–H and O–H groups in total. The molecule has 0 atom stereocenters. The molecular weight excluding hydrogens is 235 g/mol. The van der Waals surface area contributed by atoms with Gasteiger partial charge < -0.3 is 0 Å². The SMILES string of the molecule is I[CH]CCc1ccccc1. The molecule has 53 valence electrons. The lowest BCUT2D eigenvalue weighted by atomic mass is 10.1. The number of halogens is 1. The monoisotopic (exact) mass is 245 g/mol. The summed E-state index contributed by atoms with van der Waals surface area (Å²) in [4.78, 5) is 0. The zero-order valence-electron chi connectivity index (χ0n) is 5.76. The molecule has 0 heterocycles. The summed E-state index contributed by atoms with van der Waals surface area (Å²) in [5.74, 6) is 0. The van der Waals surface area contributed by atoms with Crippen molar-refractivity contribution >= 4 is 22.6 Å². The molecule has 0 aromatic heterocycles. The second-order valence-corrected chi connectivity index (χ2v) is 3.06. The molecule has 0 spiro atoms. The van der Waals surface area contributed by atoms with E-state index in [9.17, 15) is 0 Å². The van der Waals surface area contributed by atoms with Gasteiger partial charge in [0.15, 0.2) is 0 Å². The summed E-state index contributed by atoms with van der Waals surface area (Å²) >= 11 is 2.29. The van der Waals surface area contributed by atoms with Crippen LogP contribution < -0.4 is 0 Å². The second-order valence-electron chi connectivity index (χ2n) is 2.18. The molecule has 1 aromatic rings. The van der Waals surface area contributed by atoms with Crippen molar-refractivity contribution in [1.29, 1.82) is 0 Å². The van der Waals surface area contributed by atoms with Gasteiger partial charge in [0.25, 0.3) is 0 Å². The first kappa shape index (κ1) is 8.05. The second kappa shape index (κ2) is 4.72. The van der Waals surface area contributed by atoms with E-state index in [1.807, 2.05) is 0 Å². The Morgan fingerprint density at radius 3 is 2.50 bits per heavy atom. The van der Waals surface area contributed by atoms with Gasteiger partial charge >= 0.3 is 0 Å². The van der Waals surface area contributed by atoms with Crippen LogP contribution in [0.3, 0.4) is 0 Å². The molecule has 0 amide bonds. The summed E-state index contributed by atoms with van der Waals surface area (Å²) in [6.07, 6.45) is 2.34. The molecule has 0 fully saturated rings. The summed E-state index contributed by atoms with van der Waals surface area (Å²) in [7, 11) is 0. The van der Waals surface area contributed by atoms with Gasteiger partial charge in [-0.3, -0.25) is 0 Å². The number of benzene rings is 1. The van der Waals surface area contributed by atoms with Crippen LogP contribution in [-0.2, 0) is 6.42 Å². The van der Waals surface area contributed by atoms with Crippen molar-refractivity contribution in [2.24, 2.45) is 0 Å². The van der Waals surface area contributed by atoms with E-state index in [0.29, 0.717) is 0 Å². The molecule has 0 unspecified atom stereocenters. The van der Waals surface area contributed by atoms with E-state index in [1.165, 1.54) is 18.4 Å². The Hall–Kier alpha value is -0.0500. The van der Waals surface area contributed by atoms with Crippen LogP contribution in [0.15, 0.2) is 30.3 Å². The Morgan fingerprint density at radius 2 is 1.90 bits per heavy atom. The van der Waals surface area contributed by atoms with Crippen molar-refractivity contribution in [3.05, 3.63) is 40.3 Å².